The Balaban J connectivity index is 2.68. The molecule has 0 amide bonds. The normalized spacial score (nSPS) is 11.8. The molecule has 0 aromatic heterocycles. The van der Waals surface area contributed by atoms with Gasteiger partial charge in [0.25, 0.3) is 0 Å². The number of benzene rings is 1. The summed E-state index contributed by atoms with van der Waals surface area (Å²) in [4.78, 5) is 0.147. The minimum atomic E-state index is -3.62. The molecule has 0 heterocycles. The van der Waals surface area contributed by atoms with Crippen molar-refractivity contribution < 1.29 is 18.3 Å². The highest BCUT2D eigenvalue weighted by Crippen LogP contribution is 2.25. The van der Waals surface area contributed by atoms with E-state index in [1.165, 1.54) is 0 Å². The smallest absolute Gasteiger partial charge is 0.242 e. The topological polar surface area (TPSA) is 102 Å². The second-order valence-electron chi connectivity index (χ2n) is 4.53. The lowest BCUT2D eigenvalue weighted by molar-refractivity contribution is 0.0913. The monoisotopic (exact) mass is 302 g/mol. The molecule has 0 spiro atoms. The van der Waals surface area contributed by atoms with Crippen LogP contribution in [0.5, 0.6) is 0 Å². The van der Waals surface area contributed by atoms with Crippen molar-refractivity contribution in [3.8, 4) is 0 Å². The number of nitrogens with one attached hydrogen (secondary N) is 1. The zero-order valence-corrected chi connectivity index (χ0v) is 12.7. The lowest BCUT2D eigenvalue weighted by atomic mass is 10.1. The maximum absolute atomic E-state index is 12.2. The van der Waals surface area contributed by atoms with Gasteiger partial charge < -0.3 is 15.6 Å². The minimum Gasteiger partial charge on any atom is -0.397 e. The Kier molecular flexibility index (Phi) is 6.41. The summed E-state index contributed by atoms with van der Waals surface area (Å²) in [5, 5.41) is 8.54. The molecule has 20 heavy (non-hydrogen) atoms. The van der Waals surface area contributed by atoms with Gasteiger partial charge in [-0.3, -0.25) is 0 Å². The van der Waals surface area contributed by atoms with Crippen LogP contribution in [0.2, 0.25) is 0 Å². The number of ether oxygens (including phenoxy) is 1. The van der Waals surface area contributed by atoms with Crippen molar-refractivity contribution in [3.63, 3.8) is 0 Å². The SMILES string of the molecule is Cc1ccc(C)c(S(=O)(=O)NCCCOCCO)c1N. The number of rotatable bonds is 8. The van der Waals surface area contributed by atoms with Crippen LogP contribution in [0.4, 0.5) is 5.69 Å². The van der Waals surface area contributed by atoms with Crippen molar-refractivity contribution in [2.45, 2.75) is 25.2 Å². The van der Waals surface area contributed by atoms with E-state index in [9.17, 15) is 8.42 Å². The van der Waals surface area contributed by atoms with Crippen LogP contribution in [-0.2, 0) is 14.8 Å². The summed E-state index contributed by atoms with van der Waals surface area (Å²) in [6.45, 7) is 4.37. The number of hydrogen-bond acceptors (Lipinski definition) is 5. The van der Waals surface area contributed by atoms with Crippen molar-refractivity contribution >= 4 is 15.7 Å². The highest BCUT2D eigenvalue weighted by molar-refractivity contribution is 7.89. The van der Waals surface area contributed by atoms with Crippen LogP contribution in [0, 0.1) is 13.8 Å². The van der Waals surface area contributed by atoms with Gasteiger partial charge in [0.15, 0.2) is 0 Å². The molecule has 1 aromatic carbocycles. The van der Waals surface area contributed by atoms with E-state index in [0.29, 0.717) is 18.6 Å². The second kappa shape index (κ2) is 7.58. The summed E-state index contributed by atoms with van der Waals surface area (Å²) >= 11 is 0. The Morgan fingerprint density at radius 3 is 2.55 bits per heavy atom. The summed E-state index contributed by atoms with van der Waals surface area (Å²) in [6, 6.07) is 3.54. The molecule has 0 radical (unpaired) electrons. The van der Waals surface area contributed by atoms with Crippen molar-refractivity contribution in [2.75, 3.05) is 32.1 Å². The molecule has 0 aliphatic carbocycles. The molecule has 0 aliphatic rings. The second-order valence-corrected chi connectivity index (χ2v) is 6.23. The number of anilines is 1. The van der Waals surface area contributed by atoms with Gasteiger partial charge in [-0.1, -0.05) is 12.1 Å². The fraction of sp³-hybridized carbons (Fsp3) is 0.538. The maximum Gasteiger partial charge on any atom is 0.242 e. The van der Waals surface area contributed by atoms with Gasteiger partial charge in [-0.15, -0.1) is 0 Å². The molecule has 1 aromatic rings. The molecule has 4 N–H and O–H groups in total. The molecule has 0 saturated carbocycles. The average molecular weight is 302 g/mol. The number of nitrogens with two attached hydrogens (primary N) is 1. The summed E-state index contributed by atoms with van der Waals surface area (Å²) in [5.74, 6) is 0. The number of aryl methyl sites for hydroxylation is 2. The quantitative estimate of drug-likeness (QED) is 0.481. The van der Waals surface area contributed by atoms with Crippen LogP contribution < -0.4 is 10.5 Å². The Bertz CT molecular complexity index is 544. The van der Waals surface area contributed by atoms with Gasteiger partial charge in [0.2, 0.25) is 10.0 Å². The highest BCUT2D eigenvalue weighted by Gasteiger charge is 2.20. The van der Waals surface area contributed by atoms with E-state index < -0.39 is 10.0 Å². The van der Waals surface area contributed by atoms with Gasteiger partial charge in [0.1, 0.15) is 4.90 Å². The fourth-order valence-electron chi connectivity index (χ4n) is 1.78. The van der Waals surface area contributed by atoms with E-state index in [2.05, 4.69) is 4.72 Å². The Labute approximate surface area is 120 Å². The first kappa shape index (κ1) is 16.9. The molecule has 0 saturated heterocycles. The molecule has 0 bridgehead atoms. The molecule has 0 unspecified atom stereocenters. The molecule has 1 rings (SSSR count). The van der Waals surface area contributed by atoms with Gasteiger partial charge in [-0.2, -0.15) is 0 Å². The number of sulfonamides is 1. The van der Waals surface area contributed by atoms with Crippen LogP contribution in [0.25, 0.3) is 0 Å². The Morgan fingerprint density at radius 1 is 1.25 bits per heavy atom. The maximum atomic E-state index is 12.2. The van der Waals surface area contributed by atoms with Gasteiger partial charge in [0, 0.05) is 13.2 Å². The standard InChI is InChI=1S/C13H22N2O4S/c1-10-4-5-11(2)13(12(10)14)20(17,18)15-6-3-8-19-9-7-16/h4-5,15-16H,3,6-9,14H2,1-2H3. The van der Waals surface area contributed by atoms with E-state index in [0.717, 1.165) is 5.56 Å². The third-order valence-electron chi connectivity index (χ3n) is 2.87. The van der Waals surface area contributed by atoms with Gasteiger partial charge in [0.05, 0.1) is 18.9 Å². The molecular formula is C13H22N2O4S. The molecule has 0 atom stereocenters. The van der Waals surface area contributed by atoms with Crippen LogP contribution >= 0.6 is 0 Å². The van der Waals surface area contributed by atoms with Gasteiger partial charge in [-0.05, 0) is 31.4 Å². The van der Waals surface area contributed by atoms with E-state index in [4.69, 9.17) is 15.6 Å². The molecular weight excluding hydrogens is 280 g/mol. The van der Waals surface area contributed by atoms with Crippen molar-refractivity contribution in [1.82, 2.24) is 4.72 Å². The van der Waals surface area contributed by atoms with E-state index in [1.54, 1.807) is 26.0 Å². The largest absolute Gasteiger partial charge is 0.397 e. The zero-order valence-electron chi connectivity index (χ0n) is 11.8. The Hall–Kier alpha value is -1.15. The lowest BCUT2D eigenvalue weighted by Gasteiger charge is -2.13. The third-order valence-corrected chi connectivity index (χ3v) is 4.54. The predicted molar refractivity (Wildman–Crippen MR) is 78.0 cm³/mol. The number of nitrogen functional groups attached to an aromatic ring is 1. The zero-order chi connectivity index (χ0) is 15.2. The van der Waals surface area contributed by atoms with Crippen LogP contribution in [0.3, 0.4) is 0 Å². The molecule has 6 nitrogen and oxygen atoms in total. The Morgan fingerprint density at radius 2 is 1.90 bits per heavy atom. The predicted octanol–water partition coefficient (Wildman–Crippen LogP) is 0.563. The molecule has 0 aliphatic heterocycles. The minimum absolute atomic E-state index is 0.0370. The van der Waals surface area contributed by atoms with E-state index in [-0.39, 0.29) is 30.3 Å². The molecule has 7 heteroatoms. The average Bonchev–Trinajstić information content (AvgIpc) is 2.38. The van der Waals surface area contributed by atoms with Crippen LogP contribution in [0.15, 0.2) is 17.0 Å². The van der Waals surface area contributed by atoms with E-state index >= 15 is 0 Å². The molecule has 0 fully saturated rings. The van der Waals surface area contributed by atoms with Gasteiger partial charge >= 0.3 is 0 Å². The first-order chi connectivity index (χ1) is 9.40. The highest BCUT2D eigenvalue weighted by atomic mass is 32.2. The first-order valence-electron chi connectivity index (χ1n) is 6.44. The summed E-state index contributed by atoms with van der Waals surface area (Å²) in [5.41, 5.74) is 7.51. The number of hydrogen-bond donors (Lipinski definition) is 3. The first-order valence-corrected chi connectivity index (χ1v) is 7.92. The summed E-state index contributed by atoms with van der Waals surface area (Å²) in [7, 11) is -3.62. The lowest BCUT2D eigenvalue weighted by Crippen LogP contribution is -2.27. The fourth-order valence-corrected chi connectivity index (χ4v) is 3.28. The molecule has 114 valence electrons. The number of aliphatic hydroxyl groups excluding tert-OH is 1. The van der Waals surface area contributed by atoms with Gasteiger partial charge in [-0.25, -0.2) is 13.1 Å². The third kappa shape index (κ3) is 4.45. The van der Waals surface area contributed by atoms with Crippen LogP contribution in [0.1, 0.15) is 17.5 Å². The van der Waals surface area contributed by atoms with Crippen LogP contribution in [-0.4, -0.2) is 39.9 Å². The van der Waals surface area contributed by atoms with Crippen molar-refractivity contribution in [2.24, 2.45) is 0 Å². The van der Waals surface area contributed by atoms with Crippen molar-refractivity contribution in [1.29, 1.82) is 0 Å². The number of aliphatic hydroxyl groups is 1. The summed E-state index contributed by atoms with van der Waals surface area (Å²) in [6.07, 6.45) is 0.532. The van der Waals surface area contributed by atoms with Crippen molar-refractivity contribution in [3.05, 3.63) is 23.3 Å². The van der Waals surface area contributed by atoms with E-state index in [1.807, 2.05) is 0 Å². The summed E-state index contributed by atoms with van der Waals surface area (Å²) < 4.78 is 32.1.